The molecule has 2 aromatic heterocycles. The van der Waals surface area contributed by atoms with Gasteiger partial charge < -0.3 is 5.73 Å². The van der Waals surface area contributed by atoms with Gasteiger partial charge in [-0.15, -0.1) is 11.3 Å². The van der Waals surface area contributed by atoms with Crippen LogP contribution in [-0.4, -0.2) is 21.1 Å². The smallest absolute Gasteiger partial charge is 0.268 e. The van der Waals surface area contributed by atoms with Crippen molar-refractivity contribution in [2.45, 2.75) is 6.92 Å². The monoisotopic (exact) mass is 336 g/mol. The Balaban J connectivity index is 2.35. The van der Waals surface area contributed by atoms with E-state index in [1.54, 1.807) is 6.20 Å². The summed E-state index contributed by atoms with van der Waals surface area (Å²) in [5.41, 5.74) is 7.50. The highest BCUT2D eigenvalue weighted by Crippen LogP contribution is 2.36. The standard InChI is InChI=1S/C12H9BrN4OS/c1-5-16-10(12(14)18)11(19-5)7-2-6(13)3-9-8(7)4-15-17-9/h2-4H,1H3,(H2,14,18)(H,15,17). The number of benzene rings is 1. The second-order valence-electron chi connectivity index (χ2n) is 4.06. The Hall–Kier alpha value is -1.73. The van der Waals surface area contributed by atoms with Crippen LogP contribution in [0.3, 0.4) is 0 Å². The molecule has 0 aliphatic heterocycles. The van der Waals surface area contributed by atoms with Crippen LogP contribution in [0.1, 0.15) is 15.5 Å². The highest BCUT2D eigenvalue weighted by Gasteiger charge is 2.18. The lowest BCUT2D eigenvalue weighted by molar-refractivity contribution is 0.0996. The zero-order valence-corrected chi connectivity index (χ0v) is 12.3. The summed E-state index contributed by atoms with van der Waals surface area (Å²) in [6.45, 7) is 1.85. The fraction of sp³-hybridized carbons (Fsp3) is 0.0833. The zero-order chi connectivity index (χ0) is 13.6. The van der Waals surface area contributed by atoms with Crippen molar-refractivity contribution in [1.82, 2.24) is 15.2 Å². The van der Waals surface area contributed by atoms with E-state index < -0.39 is 5.91 Å². The van der Waals surface area contributed by atoms with Crippen LogP contribution < -0.4 is 5.73 Å². The van der Waals surface area contributed by atoms with Gasteiger partial charge in [0.1, 0.15) is 5.69 Å². The van der Waals surface area contributed by atoms with Crippen molar-refractivity contribution < 1.29 is 4.79 Å². The number of nitrogens with two attached hydrogens (primary N) is 1. The number of carbonyl (C=O) groups excluding carboxylic acids is 1. The van der Waals surface area contributed by atoms with Crippen LogP contribution in [-0.2, 0) is 0 Å². The van der Waals surface area contributed by atoms with Crippen LogP contribution in [0.4, 0.5) is 0 Å². The highest BCUT2D eigenvalue weighted by atomic mass is 79.9. The quantitative estimate of drug-likeness (QED) is 0.754. The number of nitrogens with one attached hydrogen (secondary N) is 1. The fourth-order valence-electron chi connectivity index (χ4n) is 1.98. The number of hydrogen-bond acceptors (Lipinski definition) is 4. The van der Waals surface area contributed by atoms with Gasteiger partial charge in [-0.25, -0.2) is 4.98 Å². The third-order valence-electron chi connectivity index (χ3n) is 2.74. The first-order valence-corrected chi connectivity index (χ1v) is 7.07. The molecule has 19 heavy (non-hydrogen) atoms. The number of H-pyrrole nitrogens is 1. The molecule has 0 atom stereocenters. The summed E-state index contributed by atoms with van der Waals surface area (Å²) in [6.07, 6.45) is 1.73. The van der Waals surface area contributed by atoms with Crippen molar-refractivity contribution in [2.24, 2.45) is 5.73 Å². The van der Waals surface area contributed by atoms with Crippen molar-refractivity contribution in [2.75, 3.05) is 0 Å². The van der Waals surface area contributed by atoms with Gasteiger partial charge in [0.25, 0.3) is 5.91 Å². The number of fused-ring (bicyclic) bond motifs is 1. The minimum atomic E-state index is -0.518. The molecule has 5 nitrogen and oxygen atoms in total. The van der Waals surface area contributed by atoms with E-state index in [1.807, 2.05) is 19.1 Å². The van der Waals surface area contributed by atoms with Gasteiger partial charge in [-0.2, -0.15) is 5.10 Å². The third-order valence-corrected chi connectivity index (χ3v) is 4.20. The van der Waals surface area contributed by atoms with Crippen LogP contribution in [0.5, 0.6) is 0 Å². The van der Waals surface area contributed by atoms with Gasteiger partial charge in [-0.1, -0.05) is 15.9 Å². The van der Waals surface area contributed by atoms with E-state index in [1.165, 1.54) is 11.3 Å². The van der Waals surface area contributed by atoms with Gasteiger partial charge in [-0.3, -0.25) is 9.89 Å². The number of aromatic nitrogens is 3. The Morgan fingerprint density at radius 1 is 1.47 bits per heavy atom. The number of carbonyl (C=O) groups is 1. The van der Waals surface area contributed by atoms with Crippen LogP contribution in [0, 0.1) is 6.92 Å². The molecule has 0 saturated heterocycles. The van der Waals surface area contributed by atoms with E-state index in [0.29, 0.717) is 5.69 Å². The molecule has 0 aliphatic carbocycles. The molecule has 0 unspecified atom stereocenters. The Bertz CT molecular complexity index is 792. The SMILES string of the molecule is Cc1nc(C(N)=O)c(-c2cc(Br)cc3[nH]ncc23)s1. The largest absolute Gasteiger partial charge is 0.364 e. The molecule has 0 radical (unpaired) electrons. The van der Waals surface area contributed by atoms with Crippen LogP contribution in [0.25, 0.3) is 21.3 Å². The van der Waals surface area contributed by atoms with Gasteiger partial charge in [0.2, 0.25) is 0 Å². The van der Waals surface area contributed by atoms with Crippen LogP contribution >= 0.6 is 27.3 Å². The molecule has 3 N–H and O–H groups in total. The Morgan fingerprint density at radius 3 is 3.00 bits per heavy atom. The van der Waals surface area contributed by atoms with E-state index in [2.05, 4.69) is 31.1 Å². The molecule has 1 amide bonds. The van der Waals surface area contributed by atoms with Gasteiger partial charge >= 0.3 is 0 Å². The summed E-state index contributed by atoms with van der Waals surface area (Å²) in [6, 6.07) is 3.88. The average Bonchev–Trinajstić information content (AvgIpc) is 2.93. The molecule has 7 heteroatoms. The van der Waals surface area contributed by atoms with E-state index >= 15 is 0 Å². The molecule has 0 bridgehead atoms. The van der Waals surface area contributed by atoms with E-state index in [-0.39, 0.29) is 0 Å². The maximum atomic E-state index is 11.5. The van der Waals surface area contributed by atoms with Crippen LogP contribution in [0.2, 0.25) is 0 Å². The topological polar surface area (TPSA) is 84.7 Å². The lowest BCUT2D eigenvalue weighted by atomic mass is 10.1. The second-order valence-corrected chi connectivity index (χ2v) is 6.18. The number of amides is 1. The molecule has 3 rings (SSSR count). The van der Waals surface area contributed by atoms with Crippen molar-refractivity contribution in [1.29, 1.82) is 0 Å². The molecule has 2 heterocycles. The summed E-state index contributed by atoms with van der Waals surface area (Å²) < 4.78 is 0.903. The number of halogens is 1. The first kappa shape index (κ1) is 12.3. The predicted octanol–water partition coefficient (Wildman–Crippen LogP) is 2.86. The number of nitrogens with zero attached hydrogens (tertiary/aromatic N) is 2. The van der Waals surface area contributed by atoms with Gasteiger partial charge in [0, 0.05) is 15.4 Å². The van der Waals surface area contributed by atoms with E-state index in [4.69, 9.17) is 5.73 Å². The molecular formula is C12H9BrN4OS. The Kier molecular flexibility index (Phi) is 2.87. The number of primary amides is 1. The summed E-state index contributed by atoms with van der Waals surface area (Å²) in [5.74, 6) is -0.518. The molecule has 0 fully saturated rings. The normalized spacial score (nSPS) is 11.1. The summed E-state index contributed by atoms with van der Waals surface area (Å²) in [7, 11) is 0. The molecule has 0 spiro atoms. The van der Waals surface area contributed by atoms with E-state index in [0.717, 1.165) is 30.8 Å². The summed E-state index contributed by atoms with van der Waals surface area (Å²) in [5, 5.41) is 8.69. The molecule has 3 aromatic rings. The predicted molar refractivity (Wildman–Crippen MR) is 78.2 cm³/mol. The number of rotatable bonds is 2. The minimum Gasteiger partial charge on any atom is -0.364 e. The summed E-state index contributed by atoms with van der Waals surface area (Å²) >= 11 is 4.90. The van der Waals surface area contributed by atoms with Crippen LogP contribution in [0.15, 0.2) is 22.8 Å². The summed E-state index contributed by atoms with van der Waals surface area (Å²) in [4.78, 5) is 16.5. The molecule has 0 aliphatic rings. The average molecular weight is 337 g/mol. The molecular weight excluding hydrogens is 328 g/mol. The van der Waals surface area contributed by atoms with Crippen molar-refractivity contribution in [3.63, 3.8) is 0 Å². The first-order chi connectivity index (χ1) is 9.06. The molecule has 96 valence electrons. The maximum absolute atomic E-state index is 11.5. The van der Waals surface area contributed by atoms with Crippen molar-refractivity contribution >= 4 is 44.1 Å². The third kappa shape index (κ3) is 2.04. The first-order valence-electron chi connectivity index (χ1n) is 5.46. The van der Waals surface area contributed by atoms with E-state index in [9.17, 15) is 4.79 Å². The number of hydrogen-bond donors (Lipinski definition) is 2. The lowest BCUT2D eigenvalue weighted by Gasteiger charge is -2.03. The maximum Gasteiger partial charge on any atom is 0.268 e. The highest BCUT2D eigenvalue weighted by molar-refractivity contribution is 9.10. The van der Waals surface area contributed by atoms with Crippen molar-refractivity contribution in [3.05, 3.63) is 33.5 Å². The fourth-order valence-corrected chi connectivity index (χ4v) is 3.39. The molecule has 1 aromatic carbocycles. The van der Waals surface area contributed by atoms with Gasteiger partial charge in [-0.05, 0) is 19.1 Å². The van der Waals surface area contributed by atoms with Crippen molar-refractivity contribution in [3.8, 4) is 10.4 Å². The second kappa shape index (κ2) is 4.43. The number of aryl methyl sites for hydroxylation is 1. The van der Waals surface area contributed by atoms with Gasteiger partial charge in [0.05, 0.1) is 21.6 Å². The Morgan fingerprint density at radius 2 is 2.26 bits per heavy atom. The number of thiazole rings is 1. The lowest BCUT2D eigenvalue weighted by Crippen LogP contribution is -2.12. The zero-order valence-electron chi connectivity index (χ0n) is 9.90. The van der Waals surface area contributed by atoms with Gasteiger partial charge in [0.15, 0.2) is 0 Å². The molecule has 0 saturated carbocycles. The minimum absolute atomic E-state index is 0.308. The number of aromatic amines is 1. The Labute approximate surface area is 121 Å².